The van der Waals surface area contributed by atoms with Gasteiger partial charge in [0.2, 0.25) is 0 Å². The molecule has 0 spiro atoms. The Morgan fingerprint density at radius 2 is 1.60 bits per heavy atom. The van der Waals surface area contributed by atoms with Crippen molar-refractivity contribution in [2.24, 2.45) is 0 Å². The summed E-state index contributed by atoms with van der Waals surface area (Å²) in [7, 11) is 0. The average Bonchev–Trinajstić information content (AvgIpc) is 2.36. The number of halogens is 6. The van der Waals surface area contributed by atoms with Gasteiger partial charge in [0.1, 0.15) is 0 Å². The monoisotopic (exact) mass is 356 g/mol. The molecule has 2 aromatic rings. The molecule has 0 aliphatic heterocycles. The largest absolute Gasteiger partial charge is 0.433 e. The second-order valence-corrected chi connectivity index (χ2v) is 5.37. The van der Waals surface area contributed by atoms with Crippen LogP contribution in [0.15, 0.2) is 30.3 Å². The standard InChI is InChI=1S/C13H6Cl4F2O/c14-6-4-8(11(17)10(16)5-6)7-2-1-3-9(15)12(7)20-13(18)19/h1-5,13H. The zero-order valence-electron chi connectivity index (χ0n) is 9.64. The summed E-state index contributed by atoms with van der Waals surface area (Å²) in [6.07, 6.45) is 0. The minimum Gasteiger partial charge on any atom is -0.433 e. The maximum Gasteiger partial charge on any atom is 0.387 e. The normalized spacial score (nSPS) is 10.9. The first-order valence-corrected chi connectivity index (χ1v) is 6.79. The third-order valence-electron chi connectivity index (χ3n) is 2.46. The van der Waals surface area contributed by atoms with E-state index < -0.39 is 6.61 Å². The van der Waals surface area contributed by atoms with Crippen molar-refractivity contribution in [1.82, 2.24) is 0 Å². The molecule has 20 heavy (non-hydrogen) atoms. The van der Waals surface area contributed by atoms with Crippen LogP contribution >= 0.6 is 46.4 Å². The third-order valence-corrected chi connectivity index (χ3v) is 3.77. The minimum atomic E-state index is -3.01. The van der Waals surface area contributed by atoms with Gasteiger partial charge in [0.15, 0.2) is 5.75 Å². The molecule has 0 aliphatic rings. The highest BCUT2D eigenvalue weighted by molar-refractivity contribution is 6.45. The maximum atomic E-state index is 12.5. The van der Waals surface area contributed by atoms with Gasteiger partial charge < -0.3 is 4.74 Å². The molecule has 2 aromatic carbocycles. The van der Waals surface area contributed by atoms with Crippen LogP contribution in [0.2, 0.25) is 20.1 Å². The van der Waals surface area contributed by atoms with E-state index in [1.54, 1.807) is 6.07 Å². The lowest BCUT2D eigenvalue weighted by molar-refractivity contribution is -0.0493. The summed E-state index contributed by atoms with van der Waals surface area (Å²) >= 11 is 23.8. The van der Waals surface area contributed by atoms with Crippen LogP contribution in [-0.2, 0) is 0 Å². The molecule has 0 aliphatic carbocycles. The molecule has 0 amide bonds. The predicted octanol–water partition coefficient (Wildman–Crippen LogP) is 6.57. The van der Waals surface area contributed by atoms with Crippen molar-refractivity contribution in [2.75, 3.05) is 0 Å². The molecular formula is C13H6Cl4F2O. The number of rotatable bonds is 3. The van der Waals surface area contributed by atoms with Crippen molar-refractivity contribution in [3.05, 3.63) is 50.4 Å². The quantitative estimate of drug-likeness (QED) is 0.564. The highest BCUT2D eigenvalue weighted by Crippen LogP contribution is 2.43. The fraction of sp³-hybridized carbons (Fsp3) is 0.0769. The van der Waals surface area contributed by atoms with Crippen LogP contribution < -0.4 is 4.74 Å². The van der Waals surface area contributed by atoms with E-state index in [1.165, 1.54) is 24.3 Å². The SMILES string of the molecule is FC(F)Oc1c(Cl)cccc1-c1cc(Cl)cc(Cl)c1Cl. The molecule has 0 radical (unpaired) electrons. The molecule has 106 valence electrons. The van der Waals surface area contributed by atoms with E-state index in [0.29, 0.717) is 10.6 Å². The lowest BCUT2D eigenvalue weighted by atomic mass is 10.0. The zero-order valence-corrected chi connectivity index (χ0v) is 12.7. The van der Waals surface area contributed by atoms with Crippen molar-refractivity contribution in [3.8, 4) is 16.9 Å². The maximum absolute atomic E-state index is 12.5. The second-order valence-electron chi connectivity index (χ2n) is 3.74. The van der Waals surface area contributed by atoms with Crippen molar-refractivity contribution >= 4 is 46.4 Å². The van der Waals surface area contributed by atoms with E-state index in [9.17, 15) is 8.78 Å². The highest BCUT2D eigenvalue weighted by atomic mass is 35.5. The first kappa shape index (κ1) is 15.6. The van der Waals surface area contributed by atoms with Crippen LogP contribution in [0.3, 0.4) is 0 Å². The topological polar surface area (TPSA) is 9.23 Å². The summed E-state index contributed by atoms with van der Waals surface area (Å²) in [5.74, 6) is -0.176. The fourth-order valence-corrected chi connectivity index (χ4v) is 2.61. The lowest BCUT2D eigenvalue weighted by Crippen LogP contribution is -2.04. The van der Waals surface area contributed by atoms with Crippen LogP contribution in [0.25, 0.3) is 11.1 Å². The molecule has 0 N–H and O–H groups in total. The Labute approximate surface area is 134 Å². The molecule has 7 heteroatoms. The number of hydrogen-bond donors (Lipinski definition) is 0. The molecule has 0 unspecified atom stereocenters. The molecule has 0 atom stereocenters. The fourth-order valence-electron chi connectivity index (χ4n) is 1.68. The number of para-hydroxylation sites is 1. The van der Waals surface area contributed by atoms with E-state index in [2.05, 4.69) is 4.74 Å². The Morgan fingerprint density at radius 3 is 2.25 bits per heavy atom. The van der Waals surface area contributed by atoms with E-state index in [4.69, 9.17) is 46.4 Å². The number of hydrogen-bond acceptors (Lipinski definition) is 1. The van der Waals surface area contributed by atoms with Gasteiger partial charge in [-0.25, -0.2) is 0 Å². The van der Waals surface area contributed by atoms with Gasteiger partial charge in [0, 0.05) is 16.1 Å². The molecule has 0 heterocycles. The van der Waals surface area contributed by atoms with Crippen molar-refractivity contribution in [1.29, 1.82) is 0 Å². The van der Waals surface area contributed by atoms with E-state index in [0.717, 1.165) is 0 Å². The van der Waals surface area contributed by atoms with E-state index >= 15 is 0 Å². The summed E-state index contributed by atoms with van der Waals surface area (Å²) in [6, 6.07) is 7.51. The Hall–Kier alpha value is -0.740. The number of benzene rings is 2. The minimum absolute atomic E-state index is 0.0370. The first-order valence-electron chi connectivity index (χ1n) is 5.28. The van der Waals surface area contributed by atoms with Crippen molar-refractivity contribution < 1.29 is 13.5 Å². The van der Waals surface area contributed by atoms with Gasteiger partial charge in [-0.3, -0.25) is 0 Å². The number of ether oxygens (including phenoxy) is 1. The van der Waals surface area contributed by atoms with Crippen LogP contribution in [0, 0.1) is 0 Å². The van der Waals surface area contributed by atoms with Crippen molar-refractivity contribution in [2.45, 2.75) is 6.61 Å². The molecule has 2 rings (SSSR count). The molecule has 0 fully saturated rings. The van der Waals surface area contributed by atoms with Gasteiger partial charge in [0.05, 0.1) is 15.1 Å². The van der Waals surface area contributed by atoms with Crippen LogP contribution in [0.5, 0.6) is 5.75 Å². The average molecular weight is 358 g/mol. The molecule has 0 saturated carbocycles. The van der Waals surface area contributed by atoms with Gasteiger partial charge in [-0.1, -0.05) is 58.5 Å². The van der Waals surface area contributed by atoms with E-state index in [1.807, 2.05) is 0 Å². The van der Waals surface area contributed by atoms with Gasteiger partial charge in [-0.2, -0.15) is 8.78 Å². The Balaban J connectivity index is 2.67. The van der Waals surface area contributed by atoms with Crippen LogP contribution in [0.1, 0.15) is 0 Å². The predicted molar refractivity (Wildman–Crippen MR) is 78.6 cm³/mol. The van der Waals surface area contributed by atoms with Crippen LogP contribution in [-0.4, -0.2) is 6.61 Å². The van der Waals surface area contributed by atoms with Gasteiger partial charge in [-0.15, -0.1) is 0 Å². The zero-order chi connectivity index (χ0) is 14.9. The summed E-state index contributed by atoms with van der Waals surface area (Å²) < 4.78 is 29.4. The second kappa shape index (κ2) is 6.35. The Morgan fingerprint density at radius 1 is 0.900 bits per heavy atom. The first-order chi connectivity index (χ1) is 9.40. The highest BCUT2D eigenvalue weighted by Gasteiger charge is 2.18. The Kier molecular flexibility index (Phi) is 4.97. The summed E-state index contributed by atoms with van der Waals surface area (Å²) in [5, 5.41) is 0.738. The molecule has 1 nitrogen and oxygen atoms in total. The molecule has 0 saturated heterocycles. The number of alkyl halides is 2. The van der Waals surface area contributed by atoms with Gasteiger partial charge in [-0.05, 0) is 18.2 Å². The summed E-state index contributed by atoms with van der Waals surface area (Å²) in [6.45, 7) is -3.01. The lowest BCUT2D eigenvalue weighted by Gasteiger charge is -2.14. The summed E-state index contributed by atoms with van der Waals surface area (Å²) in [4.78, 5) is 0. The molecule has 0 aromatic heterocycles. The van der Waals surface area contributed by atoms with E-state index in [-0.39, 0.29) is 26.4 Å². The Bertz CT molecular complexity index is 647. The van der Waals surface area contributed by atoms with Crippen LogP contribution in [0.4, 0.5) is 8.78 Å². The molecule has 0 bridgehead atoms. The molecular weight excluding hydrogens is 352 g/mol. The summed E-state index contributed by atoms with van der Waals surface area (Å²) in [5.41, 5.74) is 0.648. The smallest absolute Gasteiger partial charge is 0.387 e. The van der Waals surface area contributed by atoms with Gasteiger partial charge >= 0.3 is 6.61 Å². The third kappa shape index (κ3) is 3.29. The van der Waals surface area contributed by atoms with Gasteiger partial charge in [0.25, 0.3) is 0 Å². The van der Waals surface area contributed by atoms with Crippen molar-refractivity contribution in [3.63, 3.8) is 0 Å².